The van der Waals surface area contributed by atoms with Gasteiger partial charge in [0.2, 0.25) is 0 Å². The van der Waals surface area contributed by atoms with E-state index in [9.17, 15) is 9.59 Å². The first kappa shape index (κ1) is 16.8. The van der Waals surface area contributed by atoms with E-state index in [4.69, 9.17) is 0 Å². The lowest BCUT2D eigenvalue weighted by Crippen LogP contribution is -2.29. The van der Waals surface area contributed by atoms with Gasteiger partial charge >= 0.3 is 0 Å². The van der Waals surface area contributed by atoms with Gasteiger partial charge in [0.25, 0.3) is 11.5 Å². The number of benzene rings is 1. The number of hydrogen-bond donors (Lipinski definition) is 1. The van der Waals surface area contributed by atoms with Crippen LogP contribution in [0.15, 0.2) is 35.4 Å². The van der Waals surface area contributed by atoms with Gasteiger partial charge in [-0.05, 0) is 60.4 Å². The molecule has 3 heterocycles. The molecule has 2 aliphatic rings. The molecule has 1 fully saturated rings. The molecule has 0 bridgehead atoms. The molecule has 0 unspecified atom stereocenters. The fourth-order valence-corrected chi connectivity index (χ4v) is 4.37. The van der Waals surface area contributed by atoms with Gasteiger partial charge in [-0.1, -0.05) is 0 Å². The van der Waals surface area contributed by atoms with Crippen molar-refractivity contribution in [2.75, 3.05) is 13.1 Å². The number of H-pyrrole nitrogens is 1. The summed E-state index contributed by atoms with van der Waals surface area (Å²) in [6.45, 7) is 3.10. The van der Waals surface area contributed by atoms with Gasteiger partial charge < -0.3 is 9.88 Å². The lowest BCUT2D eigenvalue weighted by molar-refractivity contribution is 0.0786. The Morgan fingerprint density at radius 1 is 1.21 bits per heavy atom. The minimum absolute atomic E-state index is 0.000720. The molecule has 1 N–H and O–H groups in total. The molecule has 0 spiro atoms. The molecule has 2 atom stereocenters. The lowest BCUT2D eigenvalue weighted by atomic mass is 9.80. The number of aryl methyl sites for hydroxylation is 1. The highest BCUT2D eigenvalue weighted by molar-refractivity contribution is 5.94. The standard InChI is InChI=1S/C19H19N7O2/c1-11-21-17-15(18(27)22-11)7-4-13-8-25(9-16(13)17)19(28)12-2-5-14(6-3-12)26-10-20-23-24-26/h2-3,5-6,10,13,16H,4,7-9H2,1H3,(H,21,22,27)/t13-,16+/m1/s1. The van der Waals surface area contributed by atoms with Crippen molar-refractivity contribution in [1.82, 2.24) is 35.1 Å². The topological polar surface area (TPSA) is 110 Å². The second-order valence-electron chi connectivity index (χ2n) is 7.43. The largest absolute Gasteiger partial charge is 0.338 e. The lowest BCUT2D eigenvalue weighted by Gasteiger charge is -2.25. The second-order valence-corrected chi connectivity index (χ2v) is 7.43. The van der Waals surface area contributed by atoms with Crippen LogP contribution >= 0.6 is 0 Å². The maximum Gasteiger partial charge on any atom is 0.254 e. The number of likely N-dealkylation sites (tertiary alicyclic amines) is 1. The zero-order valence-electron chi connectivity index (χ0n) is 15.4. The average Bonchev–Trinajstić information content (AvgIpc) is 3.37. The summed E-state index contributed by atoms with van der Waals surface area (Å²) < 4.78 is 1.54. The molecule has 1 aliphatic carbocycles. The molecular formula is C19H19N7O2. The van der Waals surface area contributed by atoms with Crippen molar-refractivity contribution in [3.63, 3.8) is 0 Å². The van der Waals surface area contributed by atoms with E-state index in [0.29, 0.717) is 30.4 Å². The normalized spacial score (nSPS) is 20.7. The third-order valence-corrected chi connectivity index (χ3v) is 5.74. The van der Waals surface area contributed by atoms with E-state index < -0.39 is 0 Å². The summed E-state index contributed by atoms with van der Waals surface area (Å²) in [5.74, 6) is 1.12. The van der Waals surface area contributed by atoms with Gasteiger partial charge in [0.05, 0.1) is 11.4 Å². The highest BCUT2D eigenvalue weighted by atomic mass is 16.2. The van der Waals surface area contributed by atoms with Gasteiger partial charge in [-0.25, -0.2) is 9.67 Å². The number of aromatic amines is 1. The highest BCUT2D eigenvalue weighted by Crippen LogP contribution is 2.39. The number of tetrazole rings is 1. The van der Waals surface area contributed by atoms with Gasteiger partial charge in [0.15, 0.2) is 0 Å². The molecule has 28 heavy (non-hydrogen) atoms. The zero-order valence-corrected chi connectivity index (χ0v) is 15.4. The summed E-state index contributed by atoms with van der Waals surface area (Å²) in [4.78, 5) is 34.6. The molecule has 5 rings (SSSR count). The maximum absolute atomic E-state index is 13.0. The van der Waals surface area contributed by atoms with Crippen molar-refractivity contribution < 1.29 is 4.79 Å². The Bertz CT molecular complexity index is 1090. The maximum atomic E-state index is 13.0. The van der Waals surface area contributed by atoms with Crippen molar-refractivity contribution in [3.8, 4) is 5.69 Å². The van der Waals surface area contributed by atoms with E-state index in [1.165, 1.54) is 6.33 Å². The number of nitrogens with one attached hydrogen (secondary N) is 1. The fourth-order valence-electron chi connectivity index (χ4n) is 4.37. The summed E-state index contributed by atoms with van der Waals surface area (Å²) in [7, 11) is 0. The summed E-state index contributed by atoms with van der Waals surface area (Å²) in [6.07, 6.45) is 3.14. The molecule has 9 nitrogen and oxygen atoms in total. The van der Waals surface area contributed by atoms with Crippen LogP contribution in [0.25, 0.3) is 5.69 Å². The molecule has 1 saturated heterocycles. The Kier molecular flexibility index (Phi) is 3.81. The van der Waals surface area contributed by atoms with Gasteiger partial charge in [0, 0.05) is 30.1 Å². The van der Waals surface area contributed by atoms with Crippen LogP contribution in [0.2, 0.25) is 0 Å². The summed E-state index contributed by atoms with van der Waals surface area (Å²) >= 11 is 0. The third-order valence-electron chi connectivity index (χ3n) is 5.74. The molecule has 3 aromatic rings. The number of rotatable bonds is 2. The van der Waals surface area contributed by atoms with Crippen LogP contribution in [0.4, 0.5) is 0 Å². The Morgan fingerprint density at radius 3 is 2.79 bits per heavy atom. The summed E-state index contributed by atoms with van der Waals surface area (Å²) in [6, 6.07) is 7.24. The number of nitrogens with zero attached hydrogens (tertiary/aromatic N) is 6. The number of fused-ring (bicyclic) bond motifs is 3. The number of hydrogen-bond acceptors (Lipinski definition) is 6. The van der Waals surface area contributed by atoms with Gasteiger partial charge in [-0.3, -0.25) is 9.59 Å². The molecule has 2 aromatic heterocycles. The van der Waals surface area contributed by atoms with E-state index in [0.717, 1.165) is 29.8 Å². The monoisotopic (exact) mass is 377 g/mol. The Hall–Kier alpha value is -3.36. The molecule has 9 heteroatoms. The Morgan fingerprint density at radius 2 is 2.04 bits per heavy atom. The molecule has 1 aliphatic heterocycles. The first-order valence-electron chi connectivity index (χ1n) is 9.32. The quantitative estimate of drug-likeness (QED) is 0.709. The van der Waals surface area contributed by atoms with Crippen LogP contribution in [0.1, 0.15) is 39.8 Å². The number of aromatic nitrogens is 6. The van der Waals surface area contributed by atoms with Crippen LogP contribution in [-0.2, 0) is 6.42 Å². The highest BCUT2D eigenvalue weighted by Gasteiger charge is 2.41. The van der Waals surface area contributed by atoms with Crippen molar-refractivity contribution >= 4 is 5.91 Å². The molecule has 1 amide bonds. The van der Waals surface area contributed by atoms with E-state index in [1.807, 2.05) is 17.0 Å². The van der Waals surface area contributed by atoms with Crippen LogP contribution in [0.3, 0.4) is 0 Å². The van der Waals surface area contributed by atoms with E-state index >= 15 is 0 Å². The first-order valence-corrected chi connectivity index (χ1v) is 9.32. The summed E-state index contributed by atoms with van der Waals surface area (Å²) in [5, 5.41) is 11.1. The molecule has 0 radical (unpaired) electrons. The van der Waals surface area contributed by atoms with Crippen molar-refractivity contribution in [1.29, 1.82) is 0 Å². The first-order chi connectivity index (χ1) is 13.6. The predicted molar refractivity (Wildman–Crippen MR) is 99.2 cm³/mol. The van der Waals surface area contributed by atoms with Crippen molar-refractivity contribution in [2.24, 2.45) is 5.92 Å². The van der Waals surface area contributed by atoms with Crippen molar-refractivity contribution in [2.45, 2.75) is 25.7 Å². The van der Waals surface area contributed by atoms with Crippen LogP contribution in [0, 0.1) is 12.8 Å². The third kappa shape index (κ3) is 2.70. The minimum atomic E-state index is -0.0380. The zero-order chi connectivity index (χ0) is 19.3. The van der Waals surface area contributed by atoms with Gasteiger partial charge in [-0.15, -0.1) is 5.10 Å². The van der Waals surface area contributed by atoms with Crippen LogP contribution in [-0.4, -0.2) is 54.1 Å². The Labute approximate surface area is 160 Å². The molecule has 142 valence electrons. The van der Waals surface area contributed by atoms with Crippen molar-refractivity contribution in [3.05, 3.63) is 63.6 Å². The average molecular weight is 377 g/mol. The molecule has 1 aromatic carbocycles. The number of amides is 1. The predicted octanol–water partition coefficient (Wildman–Crippen LogP) is 0.856. The van der Waals surface area contributed by atoms with Crippen LogP contribution in [0.5, 0.6) is 0 Å². The number of carbonyl (C=O) groups excluding carboxylic acids is 1. The number of carbonyl (C=O) groups is 1. The van der Waals surface area contributed by atoms with Crippen LogP contribution < -0.4 is 5.56 Å². The van der Waals surface area contributed by atoms with E-state index in [2.05, 4.69) is 25.5 Å². The second kappa shape index (κ2) is 6.36. The molecule has 0 saturated carbocycles. The minimum Gasteiger partial charge on any atom is -0.338 e. The fraction of sp³-hybridized carbons (Fsp3) is 0.368. The van der Waals surface area contributed by atoms with Gasteiger partial charge in [-0.2, -0.15) is 0 Å². The SMILES string of the molecule is Cc1nc2c(c(=O)[nH]1)CC[C@@H]1CN(C(=O)c3ccc(-n4cnnn4)cc3)C[C@H]21. The van der Waals surface area contributed by atoms with E-state index in [1.54, 1.807) is 23.7 Å². The van der Waals surface area contributed by atoms with Gasteiger partial charge in [0.1, 0.15) is 12.2 Å². The smallest absolute Gasteiger partial charge is 0.254 e. The Balaban J connectivity index is 1.38. The van der Waals surface area contributed by atoms with E-state index in [-0.39, 0.29) is 17.4 Å². The molecular weight excluding hydrogens is 358 g/mol. The summed E-state index contributed by atoms with van der Waals surface area (Å²) in [5.41, 5.74) is 3.05.